The number of carbonyl (C=O) groups excluding carboxylic acids is 1. The van der Waals surface area contributed by atoms with Gasteiger partial charge in [-0.25, -0.2) is 0 Å². The molecule has 0 fully saturated rings. The maximum Gasteiger partial charge on any atom is 0.259 e. The van der Waals surface area contributed by atoms with Gasteiger partial charge in [-0.3, -0.25) is 9.59 Å². The number of aromatic nitrogens is 3. The van der Waals surface area contributed by atoms with Crippen LogP contribution in [0.15, 0.2) is 51.9 Å². The number of para-hydroxylation sites is 1. The Bertz CT molecular complexity index is 932. The molecule has 0 radical (unpaired) electrons. The van der Waals surface area contributed by atoms with Crippen molar-refractivity contribution in [2.75, 3.05) is 6.61 Å². The van der Waals surface area contributed by atoms with Crippen LogP contribution in [0.4, 0.5) is 0 Å². The molecular weight excluding hydrogens is 324 g/mol. The number of H-pyrrole nitrogens is 1. The Hall–Kier alpha value is -3.42. The van der Waals surface area contributed by atoms with Crippen LogP contribution in [-0.2, 0) is 11.3 Å². The molecule has 0 aliphatic heterocycles. The van der Waals surface area contributed by atoms with Crippen molar-refractivity contribution in [3.63, 3.8) is 0 Å². The van der Waals surface area contributed by atoms with E-state index in [1.54, 1.807) is 18.2 Å². The summed E-state index contributed by atoms with van der Waals surface area (Å²) in [4.78, 5) is 30.2. The molecule has 1 aromatic carbocycles. The number of pyridine rings is 1. The van der Waals surface area contributed by atoms with Gasteiger partial charge in [0.05, 0.1) is 12.1 Å². The van der Waals surface area contributed by atoms with Crippen LogP contribution < -0.4 is 15.6 Å². The fourth-order valence-electron chi connectivity index (χ4n) is 2.12. The van der Waals surface area contributed by atoms with Crippen LogP contribution in [0.2, 0.25) is 0 Å². The molecule has 2 N–H and O–H groups in total. The fourth-order valence-corrected chi connectivity index (χ4v) is 2.12. The van der Waals surface area contributed by atoms with Gasteiger partial charge in [-0.15, -0.1) is 0 Å². The van der Waals surface area contributed by atoms with E-state index in [1.807, 2.05) is 25.1 Å². The van der Waals surface area contributed by atoms with Crippen molar-refractivity contribution in [1.29, 1.82) is 0 Å². The Morgan fingerprint density at radius 3 is 2.92 bits per heavy atom. The minimum absolute atomic E-state index is 0.0493. The van der Waals surface area contributed by atoms with Crippen LogP contribution in [0.25, 0.3) is 11.4 Å². The van der Waals surface area contributed by atoms with Gasteiger partial charge in [0.1, 0.15) is 5.75 Å². The van der Waals surface area contributed by atoms with Gasteiger partial charge >= 0.3 is 0 Å². The fraction of sp³-hybridized carbons (Fsp3) is 0.176. The lowest BCUT2D eigenvalue weighted by atomic mass is 10.2. The van der Waals surface area contributed by atoms with Crippen LogP contribution >= 0.6 is 0 Å². The Morgan fingerprint density at radius 1 is 1.28 bits per heavy atom. The summed E-state index contributed by atoms with van der Waals surface area (Å²) in [6, 6.07) is 10.7. The van der Waals surface area contributed by atoms with Gasteiger partial charge in [-0.2, -0.15) is 4.98 Å². The number of rotatable bonds is 6. The number of nitrogens with one attached hydrogen (secondary N) is 2. The van der Waals surface area contributed by atoms with E-state index < -0.39 is 0 Å². The van der Waals surface area contributed by atoms with E-state index >= 15 is 0 Å². The van der Waals surface area contributed by atoms with Crippen LogP contribution in [0.5, 0.6) is 5.75 Å². The molecule has 1 amide bonds. The molecule has 0 aliphatic carbocycles. The first-order chi connectivity index (χ1) is 12.1. The standard InChI is InChI=1S/C17H16N4O4/c1-11-5-2-3-7-13(11)24-10-14(22)19-9-15-20-16(21-25-15)12-6-4-8-18-17(12)23/h2-8H,9-10H2,1H3,(H,18,23)(H,19,22). The third-order valence-electron chi connectivity index (χ3n) is 3.42. The highest BCUT2D eigenvalue weighted by atomic mass is 16.5. The minimum Gasteiger partial charge on any atom is -0.484 e. The summed E-state index contributed by atoms with van der Waals surface area (Å²) in [5.41, 5.74) is 0.933. The van der Waals surface area contributed by atoms with Gasteiger partial charge in [-0.1, -0.05) is 23.4 Å². The van der Waals surface area contributed by atoms with Crippen molar-refractivity contribution < 1.29 is 14.1 Å². The van der Waals surface area contributed by atoms with Crippen molar-refractivity contribution in [2.45, 2.75) is 13.5 Å². The van der Waals surface area contributed by atoms with Gasteiger partial charge in [-0.05, 0) is 30.7 Å². The molecule has 0 atom stereocenters. The monoisotopic (exact) mass is 340 g/mol. The molecule has 25 heavy (non-hydrogen) atoms. The third kappa shape index (κ3) is 4.11. The molecule has 0 bridgehead atoms. The van der Waals surface area contributed by atoms with E-state index in [2.05, 4.69) is 20.4 Å². The molecule has 0 aliphatic rings. The number of aryl methyl sites for hydroxylation is 1. The molecule has 2 heterocycles. The average molecular weight is 340 g/mol. The molecule has 0 saturated carbocycles. The van der Waals surface area contributed by atoms with Crippen LogP contribution in [0.3, 0.4) is 0 Å². The van der Waals surface area contributed by atoms with E-state index in [1.165, 1.54) is 6.20 Å². The van der Waals surface area contributed by atoms with E-state index in [9.17, 15) is 9.59 Å². The third-order valence-corrected chi connectivity index (χ3v) is 3.42. The molecule has 128 valence electrons. The van der Waals surface area contributed by atoms with Crippen LogP contribution in [0.1, 0.15) is 11.5 Å². The second kappa shape index (κ2) is 7.43. The zero-order valence-corrected chi connectivity index (χ0v) is 13.5. The number of benzene rings is 1. The number of hydrogen-bond acceptors (Lipinski definition) is 6. The average Bonchev–Trinajstić information content (AvgIpc) is 3.08. The first-order valence-corrected chi connectivity index (χ1v) is 7.59. The number of nitrogens with zero attached hydrogens (tertiary/aromatic N) is 2. The number of ether oxygens (including phenoxy) is 1. The molecule has 0 saturated heterocycles. The lowest BCUT2D eigenvalue weighted by Gasteiger charge is -2.08. The summed E-state index contributed by atoms with van der Waals surface area (Å²) in [6.07, 6.45) is 1.52. The van der Waals surface area contributed by atoms with E-state index in [-0.39, 0.29) is 36.3 Å². The first-order valence-electron chi connectivity index (χ1n) is 7.59. The largest absolute Gasteiger partial charge is 0.484 e. The highest BCUT2D eigenvalue weighted by Crippen LogP contribution is 2.15. The maximum absolute atomic E-state index is 11.9. The lowest BCUT2D eigenvalue weighted by Crippen LogP contribution is -2.28. The van der Waals surface area contributed by atoms with E-state index in [4.69, 9.17) is 9.26 Å². The van der Waals surface area contributed by atoms with Gasteiger partial charge in [0.25, 0.3) is 11.5 Å². The zero-order chi connectivity index (χ0) is 17.6. The Labute approximate surface area is 142 Å². The van der Waals surface area contributed by atoms with Crippen molar-refractivity contribution in [1.82, 2.24) is 20.4 Å². The number of amides is 1. The zero-order valence-electron chi connectivity index (χ0n) is 13.5. The summed E-state index contributed by atoms with van der Waals surface area (Å²) in [5.74, 6) is 0.700. The predicted molar refractivity (Wildman–Crippen MR) is 88.9 cm³/mol. The molecule has 3 aromatic rings. The maximum atomic E-state index is 11.9. The van der Waals surface area contributed by atoms with Crippen LogP contribution in [-0.4, -0.2) is 27.6 Å². The molecule has 2 aromatic heterocycles. The molecule has 8 nitrogen and oxygen atoms in total. The lowest BCUT2D eigenvalue weighted by molar-refractivity contribution is -0.123. The summed E-state index contributed by atoms with van der Waals surface area (Å²) >= 11 is 0. The molecule has 0 unspecified atom stereocenters. The van der Waals surface area contributed by atoms with Gasteiger partial charge in [0.2, 0.25) is 11.7 Å². The number of aromatic amines is 1. The highest BCUT2D eigenvalue weighted by Gasteiger charge is 2.12. The van der Waals surface area contributed by atoms with Gasteiger partial charge in [0.15, 0.2) is 6.61 Å². The topological polar surface area (TPSA) is 110 Å². The molecule has 0 spiro atoms. The SMILES string of the molecule is Cc1ccccc1OCC(=O)NCc1nc(-c2ccc[nH]c2=O)no1. The number of carbonyl (C=O) groups is 1. The Kier molecular flexibility index (Phi) is 4.89. The molecule has 8 heteroatoms. The highest BCUT2D eigenvalue weighted by molar-refractivity contribution is 5.77. The second-order valence-corrected chi connectivity index (χ2v) is 5.26. The Morgan fingerprint density at radius 2 is 2.12 bits per heavy atom. The molecular formula is C17H16N4O4. The Balaban J connectivity index is 1.54. The summed E-state index contributed by atoms with van der Waals surface area (Å²) in [6.45, 7) is 1.83. The quantitative estimate of drug-likeness (QED) is 0.702. The first kappa shape index (κ1) is 16.4. The summed E-state index contributed by atoms with van der Waals surface area (Å²) in [5, 5.41) is 6.36. The van der Waals surface area contributed by atoms with Crippen molar-refractivity contribution >= 4 is 5.91 Å². The minimum atomic E-state index is -0.319. The van der Waals surface area contributed by atoms with Crippen molar-refractivity contribution in [3.05, 3.63) is 64.4 Å². The van der Waals surface area contributed by atoms with Crippen molar-refractivity contribution in [3.8, 4) is 17.1 Å². The summed E-state index contributed by atoms with van der Waals surface area (Å²) < 4.78 is 10.5. The number of hydrogen-bond donors (Lipinski definition) is 2. The summed E-state index contributed by atoms with van der Waals surface area (Å²) in [7, 11) is 0. The van der Waals surface area contributed by atoms with Gasteiger partial charge in [0, 0.05) is 6.20 Å². The van der Waals surface area contributed by atoms with Crippen molar-refractivity contribution in [2.24, 2.45) is 0 Å². The predicted octanol–water partition coefficient (Wildman–Crippen LogP) is 1.43. The van der Waals surface area contributed by atoms with Crippen LogP contribution in [0, 0.1) is 6.92 Å². The van der Waals surface area contributed by atoms with Gasteiger partial charge < -0.3 is 19.6 Å². The normalized spacial score (nSPS) is 10.4. The molecule has 3 rings (SSSR count). The second-order valence-electron chi connectivity index (χ2n) is 5.26. The van der Waals surface area contributed by atoms with E-state index in [0.717, 1.165) is 5.56 Å². The smallest absolute Gasteiger partial charge is 0.259 e. The van der Waals surface area contributed by atoms with E-state index in [0.29, 0.717) is 11.3 Å².